The standard InChI is InChI=1S/C16H18N2O2/c1-10-6-7-12(8-11(10)2)9-15-17-16(20-18-15)13-4-3-5-14(13)19/h6-8,13H,3-5,9H2,1-2H3. The lowest BCUT2D eigenvalue weighted by Crippen LogP contribution is -2.04. The monoisotopic (exact) mass is 270 g/mol. The summed E-state index contributed by atoms with van der Waals surface area (Å²) in [6.45, 7) is 4.19. The van der Waals surface area contributed by atoms with E-state index in [1.165, 1.54) is 11.1 Å². The average molecular weight is 270 g/mol. The van der Waals surface area contributed by atoms with Crippen LogP contribution in [0.15, 0.2) is 22.7 Å². The van der Waals surface area contributed by atoms with Gasteiger partial charge in [0.15, 0.2) is 5.82 Å². The van der Waals surface area contributed by atoms with E-state index in [4.69, 9.17) is 4.52 Å². The van der Waals surface area contributed by atoms with Crippen molar-refractivity contribution in [2.75, 3.05) is 0 Å². The maximum atomic E-state index is 11.7. The van der Waals surface area contributed by atoms with Crippen molar-refractivity contribution in [2.45, 2.75) is 45.4 Å². The highest BCUT2D eigenvalue weighted by molar-refractivity contribution is 5.86. The zero-order valence-corrected chi connectivity index (χ0v) is 11.8. The Labute approximate surface area is 118 Å². The predicted octanol–water partition coefficient (Wildman–Crippen LogP) is 3.11. The van der Waals surface area contributed by atoms with Gasteiger partial charge in [-0.25, -0.2) is 0 Å². The molecular weight excluding hydrogens is 252 g/mol. The Hall–Kier alpha value is -1.97. The summed E-state index contributed by atoms with van der Waals surface area (Å²) in [4.78, 5) is 16.1. The molecule has 4 heteroatoms. The highest BCUT2D eigenvalue weighted by Gasteiger charge is 2.30. The minimum absolute atomic E-state index is 0.170. The third-order valence-corrected chi connectivity index (χ3v) is 4.02. The number of carbonyl (C=O) groups excluding carboxylic acids is 1. The third-order valence-electron chi connectivity index (χ3n) is 4.02. The molecule has 0 spiro atoms. The zero-order chi connectivity index (χ0) is 14.1. The molecule has 0 aliphatic heterocycles. The molecule has 1 aliphatic rings. The number of carbonyl (C=O) groups is 1. The largest absolute Gasteiger partial charge is 0.339 e. The number of nitrogens with zero attached hydrogens (tertiary/aromatic N) is 2. The van der Waals surface area contributed by atoms with E-state index in [-0.39, 0.29) is 11.7 Å². The molecule has 0 bridgehead atoms. The van der Waals surface area contributed by atoms with Crippen LogP contribution in [0.4, 0.5) is 0 Å². The molecule has 0 saturated heterocycles. The fraction of sp³-hybridized carbons (Fsp3) is 0.438. The normalized spacial score (nSPS) is 18.7. The number of hydrogen-bond donors (Lipinski definition) is 0. The Morgan fingerprint density at radius 1 is 1.30 bits per heavy atom. The summed E-state index contributed by atoms with van der Waals surface area (Å²) in [5.74, 6) is 1.21. The van der Waals surface area contributed by atoms with E-state index in [1.807, 2.05) is 0 Å². The summed E-state index contributed by atoms with van der Waals surface area (Å²) < 4.78 is 5.26. The highest BCUT2D eigenvalue weighted by atomic mass is 16.5. The molecule has 1 fully saturated rings. The lowest BCUT2D eigenvalue weighted by atomic mass is 10.0. The van der Waals surface area contributed by atoms with Gasteiger partial charge in [0.2, 0.25) is 5.89 Å². The van der Waals surface area contributed by atoms with Crippen LogP contribution >= 0.6 is 0 Å². The minimum Gasteiger partial charge on any atom is -0.339 e. The molecule has 1 heterocycles. The maximum Gasteiger partial charge on any atom is 0.237 e. The van der Waals surface area contributed by atoms with Gasteiger partial charge in [0, 0.05) is 12.8 Å². The first-order chi connectivity index (χ1) is 9.63. The summed E-state index contributed by atoms with van der Waals surface area (Å²) in [6, 6.07) is 6.33. The molecule has 1 aromatic carbocycles. The molecule has 2 aromatic rings. The van der Waals surface area contributed by atoms with Gasteiger partial charge in [-0.2, -0.15) is 4.98 Å². The van der Waals surface area contributed by atoms with E-state index in [9.17, 15) is 4.79 Å². The topological polar surface area (TPSA) is 56.0 Å². The molecule has 1 saturated carbocycles. The van der Waals surface area contributed by atoms with Crippen molar-refractivity contribution < 1.29 is 9.32 Å². The zero-order valence-electron chi connectivity index (χ0n) is 11.8. The van der Waals surface area contributed by atoms with Crippen LogP contribution in [0.2, 0.25) is 0 Å². The molecule has 3 rings (SSSR count). The second-order valence-corrected chi connectivity index (χ2v) is 5.56. The maximum absolute atomic E-state index is 11.7. The van der Waals surface area contributed by atoms with E-state index in [1.54, 1.807) is 0 Å². The molecule has 0 N–H and O–H groups in total. The van der Waals surface area contributed by atoms with Crippen LogP contribution in [0.25, 0.3) is 0 Å². The van der Waals surface area contributed by atoms with Crippen LogP contribution in [-0.2, 0) is 11.2 Å². The lowest BCUT2D eigenvalue weighted by Gasteiger charge is -2.02. The predicted molar refractivity (Wildman–Crippen MR) is 74.6 cm³/mol. The molecule has 20 heavy (non-hydrogen) atoms. The Morgan fingerprint density at radius 2 is 2.15 bits per heavy atom. The van der Waals surface area contributed by atoms with E-state index >= 15 is 0 Å². The van der Waals surface area contributed by atoms with Gasteiger partial charge >= 0.3 is 0 Å². The molecule has 1 aromatic heterocycles. The van der Waals surface area contributed by atoms with Crippen molar-refractivity contribution in [3.05, 3.63) is 46.6 Å². The molecule has 1 unspecified atom stereocenters. The summed E-state index contributed by atoms with van der Waals surface area (Å²) in [6.07, 6.45) is 3.05. The second kappa shape index (κ2) is 5.19. The number of hydrogen-bond acceptors (Lipinski definition) is 4. The van der Waals surface area contributed by atoms with E-state index < -0.39 is 0 Å². The van der Waals surface area contributed by atoms with Gasteiger partial charge in [-0.3, -0.25) is 4.79 Å². The molecule has 1 atom stereocenters. The van der Waals surface area contributed by atoms with Gasteiger partial charge in [-0.05, 0) is 43.4 Å². The van der Waals surface area contributed by atoms with Crippen molar-refractivity contribution in [2.24, 2.45) is 0 Å². The van der Waals surface area contributed by atoms with Gasteiger partial charge in [0.25, 0.3) is 0 Å². The Kier molecular flexibility index (Phi) is 3.38. The highest BCUT2D eigenvalue weighted by Crippen LogP contribution is 2.30. The van der Waals surface area contributed by atoms with E-state index in [2.05, 4.69) is 42.2 Å². The summed E-state index contributed by atoms with van der Waals surface area (Å²) in [5, 5.41) is 4.00. The van der Waals surface area contributed by atoms with Crippen LogP contribution in [0.1, 0.15) is 53.6 Å². The van der Waals surface area contributed by atoms with Crippen LogP contribution < -0.4 is 0 Å². The average Bonchev–Trinajstić information content (AvgIpc) is 3.03. The van der Waals surface area contributed by atoms with Gasteiger partial charge in [-0.15, -0.1) is 0 Å². The Morgan fingerprint density at radius 3 is 2.85 bits per heavy atom. The number of aromatic nitrogens is 2. The number of aryl methyl sites for hydroxylation is 2. The molecule has 0 amide bonds. The van der Waals surface area contributed by atoms with Crippen LogP contribution in [0.3, 0.4) is 0 Å². The molecule has 0 radical (unpaired) electrons. The van der Waals surface area contributed by atoms with Crippen LogP contribution in [0.5, 0.6) is 0 Å². The van der Waals surface area contributed by atoms with Gasteiger partial charge in [0.1, 0.15) is 5.78 Å². The quantitative estimate of drug-likeness (QED) is 0.860. The smallest absolute Gasteiger partial charge is 0.237 e. The van der Waals surface area contributed by atoms with E-state index in [0.717, 1.165) is 18.4 Å². The molecule has 1 aliphatic carbocycles. The number of Topliss-reactive ketones (excluding diaryl/α,β-unsaturated/α-hetero) is 1. The summed E-state index contributed by atoms with van der Waals surface area (Å²) in [5.41, 5.74) is 3.70. The SMILES string of the molecule is Cc1ccc(Cc2noc(C3CCCC3=O)n2)cc1C. The number of benzene rings is 1. The fourth-order valence-corrected chi connectivity index (χ4v) is 2.65. The van der Waals surface area contributed by atoms with Crippen LogP contribution in [-0.4, -0.2) is 15.9 Å². The van der Waals surface area contributed by atoms with Crippen molar-refractivity contribution in [3.63, 3.8) is 0 Å². The lowest BCUT2D eigenvalue weighted by molar-refractivity contribution is -0.119. The summed E-state index contributed by atoms with van der Waals surface area (Å²) in [7, 11) is 0. The minimum atomic E-state index is -0.170. The van der Waals surface area contributed by atoms with Gasteiger partial charge < -0.3 is 4.52 Å². The fourth-order valence-electron chi connectivity index (χ4n) is 2.65. The first kappa shape index (κ1) is 13.0. The van der Waals surface area contributed by atoms with Crippen molar-refractivity contribution in [1.29, 1.82) is 0 Å². The van der Waals surface area contributed by atoms with Gasteiger partial charge in [0.05, 0.1) is 5.92 Å². The molecular formula is C16H18N2O2. The van der Waals surface area contributed by atoms with Crippen molar-refractivity contribution in [3.8, 4) is 0 Å². The first-order valence-corrected chi connectivity index (χ1v) is 7.05. The van der Waals surface area contributed by atoms with Crippen molar-refractivity contribution >= 4 is 5.78 Å². The Bertz CT molecular complexity index is 646. The molecule has 4 nitrogen and oxygen atoms in total. The van der Waals surface area contributed by atoms with Gasteiger partial charge in [-0.1, -0.05) is 23.4 Å². The first-order valence-electron chi connectivity index (χ1n) is 7.05. The van der Waals surface area contributed by atoms with E-state index in [0.29, 0.717) is 24.6 Å². The number of rotatable bonds is 3. The van der Waals surface area contributed by atoms with Crippen molar-refractivity contribution in [1.82, 2.24) is 10.1 Å². The number of ketones is 1. The second-order valence-electron chi connectivity index (χ2n) is 5.56. The summed E-state index contributed by atoms with van der Waals surface area (Å²) >= 11 is 0. The van der Waals surface area contributed by atoms with Crippen LogP contribution in [0, 0.1) is 13.8 Å². The molecule has 104 valence electrons. The Balaban J connectivity index is 1.76. The third kappa shape index (κ3) is 2.50.